The van der Waals surface area contributed by atoms with Crippen molar-refractivity contribution < 1.29 is 9.15 Å². The molecule has 0 aliphatic carbocycles. The molecule has 0 radical (unpaired) electrons. The van der Waals surface area contributed by atoms with Crippen molar-refractivity contribution in [3.8, 4) is 5.75 Å². The molecule has 0 saturated heterocycles. The molecule has 0 amide bonds. The smallest absolute Gasteiger partial charge is 0.338 e. The van der Waals surface area contributed by atoms with Gasteiger partial charge in [0.05, 0.1) is 18.8 Å². The highest BCUT2D eigenvalue weighted by atomic mass is 16.5. The van der Waals surface area contributed by atoms with Crippen LogP contribution in [0.15, 0.2) is 57.7 Å². The van der Waals surface area contributed by atoms with Crippen molar-refractivity contribution in [3.05, 3.63) is 70.1 Å². The number of methoxy groups -OCH3 is 1. The maximum Gasteiger partial charge on any atom is 0.338 e. The molecular weight excluding hydrogens is 328 g/mol. The molecule has 3 rings (SSSR count). The van der Waals surface area contributed by atoms with E-state index in [4.69, 9.17) is 9.15 Å². The number of para-hydroxylation sites is 1. The summed E-state index contributed by atoms with van der Waals surface area (Å²) in [6, 6.07) is 15.4. The Morgan fingerprint density at radius 3 is 2.65 bits per heavy atom. The Morgan fingerprint density at radius 1 is 1.15 bits per heavy atom. The van der Waals surface area contributed by atoms with Gasteiger partial charge in [0.25, 0.3) is 0 Å². The SMILES string of the molecule is COc1ccccc1C(CNc1cc(=O)oc2ccc(C)cc12)N(C)C. The number of hydrogen-bond acceptors (Lipinski definition) is 5. The predicted molar refractivity (Wildman–Crippen MR) is 105 cm³/mol. The van der Waals surface area contributed by atoms with Crippen LogP contribution in [-0.4, -0.2) is 32.6 Å². The van der Waals surface area contributed by atoms with E-state index in [0.29, 0.717) is 12.1 Å². The topological polar surface area (TPSA) is 54.7 Å². The molecule has 1 unspecified atom stereocenters. The van der Waals surface area contributed by atoms with Crippen LogP contribution in [0.2, 0.25) is 0 Å². The maximum atomic E-state index is 11.9. The summed E-state index contributed by atoms with van der Waals surface area (Å²) in [7, 11) is 5.73. The van der Waals surface area contributed by atoms with Crippen molar-refractivity contribution in [1.29, 1.82) is 0 Å². The van der Waals surface area contributed by atoms with Crippen LogP contribution in [0.5, 0.6) is 5.75 Å². The van der Waals surface area contributed by atoms with E-state index >= 15 is 0 Å². The van der Waals surface area contributed by atoms with Gasteiger partial charge in [0.1, 0.15) is 11.3 Å². The van der Waals surface area contributed by atoms with Gasteiger partial charge in [0.2, 0.25) is 0 Å². The van der Waals surface area contributed by atoms with E-state index in [1.807, 2.05) is 57.4 Å². The Balaban J connectivity index is 1.94. The first-order valence-electron chi connectivity index (χ1n) is 8.57. The number of benzene rings is 2. The van der Waals surface area contributed by atoms with Gasteiger partial charge in [-0.3, -0.25) is 0 Å². The summed E-state index contributed by atoms with van der Waals surface area (Å²) in [6.45, 7) is 2.64. The molecule has 0 saturated carbocycles. The van der Waals surface area contributed by atoms with E-state index in [0.717, 1.165) is 28.0 Å². The van der Waals surface area contributed by atoms with E-state index in [1.165, 1.54) is 6.07 Å². The van der Waals surface area contributed by atoms with Crippen LogP contribution in [0, 0.1) is 6.92 Å². The van der Waals surface area contributed by atoms with E-state index in [2.05, 4.69) is 16.3 Å². The first-order chi connectivity index (χ1) is 12.5. The quantitative estimate of drug-likeness (QED) is 0.684. The number of likely N-dealkylation sites (N-methyl/N-ethyl adjacent to an activating group) is 1. The maximum absolute atomic E-state index is 11.9. The van der Waals surface area contributed by atoms with Crippen LogP contribution in [0.3, 0.4) is 0 Å². The van der Waals surface area contributed by atoms with Crippen molar-refractivity contribution in [1.82, 2.24) is 4.90 Å². The lowest BCUT2D eigenvalue weighted by atomic mass is 10.0. The fourth-order valence-electron chi connectivity index (χ4n) is 3.14. The number of ether oxygens (including phenoxy) is 1. The van der Waals surface area contributed by atoms with Crippen molar-refractivity contribution in [2.75, 3.05) is 33.1 Å². The molecule has 1 heterocycles. The van der Waals surface area contributed by atoms with E-state index < -0.39 is 0 Å². The fourth-order valence-corrected chi connectivity index (χ4v) is 3.14. The lowest BCUT2D eigenvalue weighted by Gasteiger charge is -2.27. The summed E-state index contributed by atoms with van der Waals surface area (Å²) in [5.74, 6) is 0.848. The molecule has 5 nitrogen and oxygen atoms in total. The molecule has 26 heavy (non-hydrogen) atoms. The Morgan fingerprint density at radius 2 is 1.92 bits per heavy atom. The summed E-state index contributed by atoms with van der Waals surface area (Å²) in [5, 5.41) is 4.33. The van der Waals surface area contributed by atoms with Crippen molar-refractivity contribution in [2.24, 2.45) is 0 Å². The zero-order valence-corrected chi connectivity index (χ0v) is 15.6. The molecule has 0 bridgehead atoms. The summed E-state index contributed by atoms with van der Waals surface area (Å²) in [4.78, 5) is 14.0. The van der Waals surface area contributed by atoms with Gasteiger partial charge in [-0.2, -0.15) is 0 Å². The van der Waals surface area contributed by atoms with E-state index in [-0.39, 0.29) is 11.7 Å². The average molecular weight is 352 g/mol. The van der Waals surface area contributed by atoms with Gasteiger partial charge in [-0.05, 0) is 39.2 Å². The highest BCUT2D eigenvalue weighted by Crippen LogP contribution is 2.29. The normalized spacial score (nSPS) is 12.3. The summed E-state index contributed by atoms with van der Waals surface area (Å²) in [5.41, 5.74) is 3.22. The zero-order valence-electron chi connectivity index (χ0n) is 15.6. The van der Waals surface area contributed by atoms with Crippen LogP contribution >= 0.6 is 0 Å². The summed E-state index contributed by atoms with van der Waals surface area (Å²) < 4.78 is 10.8. The standard InChI is InChI=1S/C21H24N2O3/c1-14-9-10-20-16(11-14)17(12-21(24)26-20)22-13-18(23(2)3)15-7-5-6-8-19(15)25-4/h5-12,18,22H,13H2,1-4H3. The third kappa shape index (κ3) is 3.73. The van der Waals surface area contributed by atoms with Crippen LogP contribution in [0.25, 0.3) is 11.0 Å². The van der Waals surface area contributed by atoms with Crippen molar-refractivity contribution in [2.45, 2.75) is 13.0 Å². The molecule has 1 N–H and O–H groups in total. The molecule has 3 aromatic rings. The lowest BCUT2D eigenvalue weighted by Crippen LogP contribution is -2.27. The first-order valence-corrected chi connectivity index (χ1v) is 8.57. The number of fused-ring (bicyclic) bond motifs is 1. The van der Waals surface area contributed by atoms with Gasteiger partial charge in [-0.25, -0.2) is 4.79 Å². The van der Waals surface area contributed by atoms with Gasteiger partial charge in [-0.1, -0.05) is 29.8 Å². The summed E-state index contributed by atoms with van der Waals surface area (Å²) >= 11 is 0. The van der Waals surface area contributed by atoms with Gasteiger partial charge >= 0.3 is 5.63 Å². The molecule has 0 fully saturated rings. The van der Waals surface area contributed by atoms with Gasteiger partial charge in [0.15, 0.2) is 0 Å². The number of anilines is 1. The Hall–Kier alpha value is -2.79. The molecule has 0 spiro atoms. The molecule has 1 aromatic heterocycles. The molecule has 1 atom stereocenters. The van der Waals surface area contributed by atoms with Crippen LogP contribution < -0.4 is 15.7 Å². The van der Waals surface area contributed by atoms with E-state index in [1.54, 1.807) is 7.11 Å². The number of nitrogens with zero attached hydrogens (tertiary/aromatic N) is 1. The van der Waals surface area contributed by atoms with Crippen molar-refractivity contribution >= 4 is 16.7 Å². The highest BCUT2D eigenvalue weighted by Gasteiger charge is 2.18. The van der Waals surface area contributed by atoms with Gasteiger partial charge in [-0.15, -0.1) is 0 Å². The predicted octanol–water partition coefficient (Wildman–Crippen LogP) is 3.82. The van der Waals surface area contributed by atoms with Crippen LogP contribution in [0.1, 0.15) is 17.2 Å². The fraction of sp³-hybridized carbons (Fsp3) is 0.286. The monoisotopic (exact) mass is 352 g/mol. The number of rotatable bonds is 6. The average Bonchev–Trinajstić information content (AvgIpc) is 2.62. The number of nitrogens with one attached hydrogen (secondary N) is 1. The second kappa shape index (κ2) is 7.62. The van der Waals surface area contributed by atoms with E-state index in [9.17, 15) is 4.79 Å². The second-order valence-corrected chi connectivity index (χ2v) is 6.58. The summed E-state index contributed by atoms with van der Waals surface area (Å²) in [6.07, 6.45) is 0. The third-order valence-corrected chi connectivity index (χ3v) is 4.51. The molecule has 2 aromatic carbocycles. The molecule has 5 heteroatoms. The Labute approximate surface area is 153 Å². The zero-order chi connectivity index (χ0) is 18.7. The van der Waals surface area contributed by atoms with Gasteiger partial charge < -0.3 is 19.4 Å². The minimum Gasteiger partial charge on any atom is -0.496 e. The van der Waals surface area contributed by atoms with Crippen molar-refractivity contribution in [3.63, 3.8) is 0 Å². The minimum atomic E-state index is -0.359. The second-order valence-electron chi connectivity index (χ2n) is 6.58. The lowest BCUT2D eigenvalue weighted by molar-refractivity contribution is 0.300. The third-order valence-electron chi connectivity index (χ3n) is 4.51. The molecular formula is C21H24N2O3. The number of aryl methyl sites for hydroxylation is 1. The van der Waals surface area contributed by atoms with Crippen LogP contribution in [-0.2, 0) is 0 Å². The number of hydrogen-bond donors (Lipinski definition) is 1. The minimum absolute atomic E-state index is 0.0817. The molecule has 0 aliphatic heterocycles. The molecule has 136 valence electrons. The largest absolute Gasteiger partial charge is 0.496 e. The molecule has 0 aliphatic rings. The Kier molecular flexibility index (Phi) is 5.28. The first kappa shape index (κ1) is 18.0. The van der Waals surface area contributed by atoms with Gasteiger partial charge in [0, 0.05) is 23.6 Å². The highest BCUT2D eigenvalue weighted by molar-refractivity contribution is 5.90. The van der Waals surface area contributed by atoms with Crippen LogP contribution in [0.4, 0.5) is 5.69 Å². The Bertz CT molecular complexity index is 963.